The maximum Gasteiger partial charge on any atom is 0.262 e. The Balaban J connectivity index is 1.47. The van der Waals surface area contributed by atoms with Crippen LogP contribution in [0.25, 0.3) is 0 Å². The molecule has 0 unspecified atom stereocenters. The minimum atomic E-state index is -0.0400. The largest absolute Gasteiger partial charge is 0.496 e. The van der Waals surface area contributed by atoms with Gasteiger partial charge in [0.1, 0.15) is 5.75 Å². The van der Waals surface area contributed by atoms with Gasteiger partial charge in [-0.2, -0.15) is 0 Å². The van der Waals surface area contributed by atoms with Gasteiger partial charge >= 0.3 is 0 Å². The second-order valence-corrected chi connectivity index (χ2v) is 8.77. The summed E-state index contributed by atoms with van der Waals surface area (Å²) < 4.78 is 11.0. The van der Waals surface area contributed by atoms with Crippen molar-refractivity contribution in [3.05, 3.63) is 59.7 Å². The molecule has 31 heavy (non-hydrogen) atoms. The zero-order valence-electron chi connectivity index (χ0n) is 17.9. The molecular weight excluding hydrogens is 392 g/mol. The van der Waals surface area contributed by atoms with Gasteiger partial charge in [-0.1, -0.05) is 30.3 Å². The van der Waals surface area contributed by atoms with E-state index in [1.54, 1.807) is 7.11 Å². The lowest BCUT2D eigenvalue weighted by Gasteiger charge is -2.60. The van der Waals surface area contributed by atoms with Crippen molar-refractivity contribution in [1.82, 2.24) is 4.90 Å². The predicted octanol–water partition coefficient (Wildman–Crippen LogP) is 2.91. The van der Waals surface area contributed by atoms with Gasteiger partial charge in [0.25, 0.3) is 5.91 Å². The SMILES string of the molecule is COc1ccccc1C(=O)N1C[C@@H]2[C@H](c3ccccc31)[C@@H](CO)N2CC1CCOCC1. The van der Waals surface area contributed by atoms with Crippen molar-refractivity contribution in [3.63, 3.8) is 0 Å². The predicted molar refractivity (Wildman–Crippen MR) is 119 cm³/mol. The van der Waals surface area contributed by atoms with Crippen molar-refractivity contribution in [2.24, 2.45) is 5.92 Å². The summed E-state index contributed by atoms with van der Waals surface area (Å²) in [5.41, 5.74) is 2.68. The Morgan fingerprint density at radius 1 is 1.13 bits per heavy atom. The normalized spacial score (nSPS) is 26.0. The molecule has 2 aromatic carbocycles. The number of hydrogen-bond donors (Lipinski definition) is 1. The number of fused-ring (bicyclic) bond motifs is 3. The number of rotatable bonds is 5. The maximum atomic E-state index is 13.6. The average molecular weight is 423 g/mol. The molecule has 0 aromatic heterocycles. The van der Waals surface area contributed by atoms with Crippen molar-refractivity contribution >= 4 is 11.6 Å². The smallest absolute Gasteiger partial charge is 0.262 e. The van der Waals surface area contributed by atoms with Crippen LogP contribution in [0.3, 0.4) is 0 Å². The number of likely N-dealkylation sites (tertiary alicyclic amines) is 1. The van der Waals surface area contributed by atoms with E-state index in [1.165, 1.54) is 0 Å². The minimum absolute atomic E-state index is 0.0400. The summed E-state index contributed by atoms with van der Waals surface area (Å²) in [5, 5.41) is 10.2. The Morgan fingerprint density at radius 3 is 2.65 bits per heavy atom. The molecule has 0 aliphatic carbocycles. The second-order valence-electron chi connectivity index (χ2n) is 8.77. The Bertz CT molecular complexity index is 943. The quantitative estimate of drug-likeness (QED) is 0.803. The highest BCUT2D eigenvalue weighted by molar-refractivity contribution is 6.08. The number of aliphatic hydroxyl groups excluding tert-OH is 1. The van der Waals surface area contributed by atoms with E-state index in [-0.39, 0.29) is 30.5 Å². The number of para-hydroxylation sites is 2. The second kappa shape index (κ2) is 8.61. The molecule has 2 saturated heterocycles. The fourth-order valence-corrected chi connectivity index (χ4v) is 5.62. The molecule has 1 amide bonds. The maximum absolute atomic E-state index is 13.6. The third-order valence-corrected chi connectivity index (χ3v) is 7.22. The molecule has 0 spiro atoms. The van der Waals surface area contributed by atoms with E-state index in [1.807, 2.05) is 47.4 Å². The van der Waals surface area contributed by atoms with Crippen LogP contribution >= 0.6 is 0 Å². The molecule has 2 fully saturated rings. The molecule has 6 heteroatoms. The number of carbonyl (C=O) groups excluding carboxylic acids is 1. The number of amides is 1. The van der Waals surface area contributed by atoms with Crippen molar-refractivity contribution in [3.8, 4) is 5.75 Å². The zero-order valence-corrected chi connectivity index (χ0v) is 17.9. The van der Waals surface area contributed by atoms with Crippen molar-refractivity contribution < 1.29 is 19.4 Å². The van der Waals surface area contributed by atoms with Crippen molar-refractivity contribution in [2.75, 3.05) is 44.9 Å². The van der Waals surface area contributed by atoms with Gasteiger partial charge in [-0.15, -0.1) is 0 Å². The van der Waals surface area contributed by atoms with Crippen LogP contribution in [0.1, 0.15) is 34.7 Å². The van der Waals surface area contributed by atoms with Gasteiger partial charge in [-0.05, 0) is 42.5 Å². The summed E-state index contributed by atoms with van der Waals surface area (Å²) in [6, 6.07) is 15.9. The fraction of sp³-hybridized carbons (Fsp3) is 0.480. The number of benzene rings is 2. The third kappa shape index (κ3) is 3.53. The molecule has 0 saturated carbocycles. The molecule has 3 atom stereocenters. The van der Waals surface area contributed by atoms with E-state index in [9.17, 15) is 9.90 Å². The molecular formula is C25H30N2O4. The van der Waals surface area contributed by atoms with E-state index in [0.29, 0.717) is 23.8 Å². The summed E-state index contributed by atoms with van der Waals surface area (Å²) in [5.74, 6) is 1.39. The molecule has 3 aliphatic rings. The van der Waals surface area contributed by atoms with E-state index < -0.39 is 0 Å². The lowest BCUT2D eigenvalue weighted by Crippen LogP contribution is -2.70. The Morgan fingerprint density at radius 2 is 1.87 bits per heavy atom. The van der Waals surface area contributed by atoms with E-state index in [0.717, 1.165) is 43.9 Å². The van der Waals surface area contributed by atoms with Crippen molar-refractivity contribution in [1.29, 1.82) is 0 Å². The molecule has 0 radical (unpaired) electrons. The lowest BCUT2D eigenvalue weighted by atomic mass is 9.71. The van der Waals surface area contributed by atoms with E-state index in [4.69, 9.17) is 9.47 Å². The fourth-order valence-electron chi connectivity index (χ4n) is 5.62. The zero-order chi connectivity index (χ0) is 21.4. The van der Waals surface area contributed by atoms with E-state index >= 15 is 0 Å². The van der Waals surface area contributed by atoms with Gasteiger partial charge in [0.2, 0.25) is 0 Å². The summed E-state index contributed by atoms with van der Waals surface area (Å²) in [4.78, 5) is 18.0. The summed E-state index contributed by atoms with van der Waals surface area (Å²) in [7, 11) is 1.60. The van der Waals surface area contributed by atoms with Crippen LogP contribution in [0.4, 0.5) is 5.69 Å². The topological polar surface area (TPSA) is 62.2 Å². The van der Waals surface area contributed by atoms with Gasteiger partial charge in [0.05, 0.1) is 19.3 Å². The third-order valence-electron chi connectivity index (χ3n) is 7.22. The molecule has 1 N–H and O–H groups in total. The summed E-state index contributed by atoms with van der Waals surface area (Å²) in [6.07, 6.45) is 2.12. The molecule has 5 rings (SSSR count). The number of aliphatic hydroxyl groups is 1. The van der Waals surface area contributed by atoms with Crippen LogP contribution in [-0.4, -0.2) is 68.0 Å². The highest BCUT2D eigenvalue weighted by Crippen LogP contribution is 2.49. The Labute approximate surface area is 183 Å². The van der Waals surface area contributed by atoms with Crippen LogP contribution in [0.2, 0.25) is 0 Å². The number of carbonyl (C=O) groups is 1. The standard InChI is InChI=1S/C25H30N2O4/c1-30-23-9-5-3-7-19(23)25(29)27-15-21-24(18-6-2-4-8-20(18)27)22(16-28)26(21)14-17-10-12-31-13-11-17/h2-9,17,21-22,24,28H,10-16H2,1H3/t21-,22-,24+/m1/s1. The van der Waals surface area contributed by atoms with Crippen LogP contribution in [0.15, 0.2) is 48.5 Å². The monoisotopic (exact) mass is 422 g/mol. The summed E-state index contributed by atoms with van der Waals surface area (Å²) >= 11 is 0. The van der Waals surface area contributed by atoms with Crippen LogP contribution < -0.4 is 9.64 Å². The van der Waals surface area contributed by atoms with Gasteiger partial charge in [0.15, 0.2) is 0 Å². The molecule has 0 bridgehead atoms. The highest BCUT2D eigenvalue weighted by atomic mass is 16.5. The first-order chi connectivity index (χ1) is 15.2. The number of nitrogens with zero attached hydrogens (tertiary/aromatic N) is 2. The van der Waals surface area contributed by atoms with E-state index in [2.05, 4.69) is 11.0 Å². The average Bonchev–Trinajstić information content (AvgIpc) is 2.82. The van der Waals surface area contributed by atoms with Gasteiger partial charge in [-0.3, -0.25) is 9.69 Å². The lowest BCUT2D eigenvalue weighted by molar-refractivity contribution is -0.0625. The number of hydrogen-bond acceptors (Lipinski definition) is 5. The van der Waals surface area contributed by atoms with Gasteiger partial charge < -0.3 is 19.5 Å². The summed E-state index contributed by atoms with van der Waals surface area (Å²) in [6.45, 7) is 3.35. The number of ether oxygens (including phenoxy) is 2. The number of anilines is 1. The van der Waals surface area contributed by atoms with Crippen LogP contribution in [0.5, 0.6) is 5.75 Å². The van der Waals surface area contributed by atoms with Gasteiger partial charge in [-0.25, -0.2) is 0 Å². The molecule has 2 aromatic rings. The van der Waals surface area contributed by atoms with Crippen LogP contribution in [0, 0.1) is 5.92 Å². The molecule has 3 heterocycles. The molecule has 6 nitrogen and oxygen atoms in total. The van der Waals surface area contributed by atoms with Crippen LogP contribution in [-0.2, 0) is 4.74 Å². The first-order valence-corrected chi connectivity index (χ1v) is 11.2. The number of methoxy groups -OCH3 is 1. The van der Waals surface area contributed by atoms with Crippen molar-refractivity contribution in [2.45, 2.75) is 30.8 Å². The molecule has 164 valence electrons. The highest BCUT2D eigenvalue weighted by Gasteiger charge is 2.53. The van der Waals surface area contributed by atoms with Gasteiger partial charge in [0, 0.05) is 50.0 Å². The first kappa shape index (κ1) is 20.5. The Kier molecular flexibility index (Phi) is 5.69. The first-order valence-electron chi connectivity index (χ1n) is 11.2. The Hall–Kier alpha value is -2.41. The minimum Gasteiger partial charge on any atom is -0.496 e. The molecule has 3 aliphatic heterocycles.